The Balaban J connectivity index is 0.00000264. The predicted molar refractivity (Wildman–Crippen MR) is 106 cm³/mol. The Hall–Kier alpha value is -0.830. The summed E-state index contributed by atoms with van der Waals surface area (Å²) in [6.45, 7) is 3.95. The summed E-state index contributed by atoms with van der Waals surface area (Å²) >= 11 is 0. The van der Waals surface area contributed by atoms with E-state index in [1.807, 2.05) is 6.07 Å². The lowest BCUT2D eigenvalue weighted by Crippen LogP contribution is -2.41. The largest absolute Gasteiger partial charge is 0.355 e. The third-order valence-corrected chi connectivity index (χ3v) is 5.81. The van der Waals surface area contributed by atoms with Crippen LogP contribution >= 0.6 is 24.0 Å². The number of sulfone groups is 1. The Morgan fingerprint density at radius 2 is 2.04 bits per heavy atom. The van der Waals surface area contributed by atoms with Gasteiger partial charge in [-0.1, -0.05) is 37.3 Å². The summed E-state index contributed by atoms with van der Waals surface area (Å²) in [4.78, 5) is 6.48. The van der Waals surface area contributed by atoms with Crippen molar-refractivity contribution in [3.63, 3.8) is 0 Å². The monoisotopic (exact) mass is 451 g/mol. The number of likely N-dealkylation sites (tertiary alicyclic amines) is 1. The number of hydrogen-bond donors (Lipinski definition) is 1. The van der Waals surface area contributed by atoms with Crippen molar-refractivity contribution < 1.29 is 8.42 Å². The molecular formula is C16H26IN3O2S. The van der Waals surface area contributed by atoms with Crippen LogP contribution < -0.4 is 5.32 Å². The van der Waals surface area contributed by atoms with Crippen molar-refractivity contribution in [2.45, 2.75) is 19.3 Å². The average Bonchev–Trinajstić information content (AvgIpc) is 3.02. The molecule has 0 bridgehead atoms. The van der Waals surface area contributed by atoms with Crippen LogP contribution in [0.5, 0.6) is 0 Å². The number of rotatable bonds is 5. The van der Waals surface area contributed by atoms with Crippen LogP contribution in [-0.2, 0) is 9.84 Å². The van der Waals surface area contributed by atoms with Gasteiger partial charge in [-0.15, -0.1) is 24.0 Å². The average molecular weight is 451 g/mol. The van der Waals surface area contributed by atoms with Crippen molar-refractivity contribution in [3.05, 3.63) is 35.9 Å². The summed E-state index contributed by atoms with van der Waals surface area (Å²) in [6, 6.07) is 10.5. The minimum Gasteiger partial charge on any atom is -0.355 e. The van der Waals surface area contributed by atoms with E-state index in [0.29, 0.717) is 12.5 Å². The van der Waals surface area contributed by atoms with Crippen molar-refractivity contribution in [1.29, 1.82) is 0 Å². The van der Waals surface area contributed by atoms with Gasteiger partial charge in [0.15, 0.2) is 15.8 Å². The number of guanidine groups is 1. The molecule has 5 nitrogen and oxygen atoms in total. The Kier molecular flexibility index (Phi) is 8.32. The molecule has 1 N–H and O–H groups in total. The van der Waals surface area contributed by atoms with E-state index in [1.54, 1.807) is 14.0 Å². The highest BCUT2D eigenvalue weighted by Gasteiger charge is 2.25. The molecule has 1 heterocycles. The van der Waals surface area contributed by atoms with E-state index < -0.39 is 9.84 Å². The molecule has 0 amide bonds. The summed E-state index contributed by atoms with van der Waals surface area (Å²) in [5.41, 5.74) is 1.36. The van der Waals surface area contributed by atoms with Crippen molar-refractivity contribution in [2.75, 3.05) is 38.2 Å². The Morgan fingerprint density at radius 1 is 1.35 bits per heavy atom. The van der Waals surface area contributed by atoms with E-state index in [1.165, 1.54) is 5.56 Å². The molecule has 1 aliphatic rings. The van der Waals surface area contributed by atoms with Gasteiger partial charge in [0.25, 0.3) is 0 Å². The Morgan fingerprint density at radius 3 is 2.65 bits per heavy atom. The molecular weight excluding hydrogens is 425 g/mol. The lowest BCUT2D eigenvalue weighted by Gasteiger charge is -2.21. The number of benzene rings is 1. The van der Waals surface area contributed by atoms with Crippen molar-refractivity contribution in [3.8, 4) is 0 Å². The highest BCUT2D eigenvalue weighted by molar-refractivity contribution is 14.0. The second kappa shape index (κ2) is 9.46. The molecule has 0 radical (unpaired) electrons. The van der Waals surface area contributed by atoms with Gasteiger partial charge >= 0.3 is 0 Å². The third-order valence-electron chi connectivity index (χ3n) is 4.11. The van der Waals surface area contributed by atoms with Gasteiger partial charge in [0, 0.05) is 38.4 Å². The zero-order valence-corrected chi connectivity index (χ0v) is 16.9. The predicted octanol–water partition coefficient (Wildman–Crippen LogP) is 2.10. The molecule has 0 spiro atoms. The van der Waals surface area contributed by atoms with Crippen LogP contribution in [0.3, 0.4) is 0 Å². The highest BCUT2D eigenvalue weighted by atomic mass is 127. The zero-order valence-electron chi connectivity index (χ0n) is 13.7. The molecule has 1 unspecified atom stereocenters. The van der Waals surface area contributed by atoms with Gasteiger partial charge in [-0.05, 0) is 12.0 Å². The minimum atomic E-state index is -2.94. The first-order chi connectivity index (χ1) is 10.6. The maximum atomic E-state index is 11.5. The summed E-state index contributed by atoms with van der Waals surface area (Å²) in [5, 5.41) is 3.17. The number of halogens is 1. The normalized spacial score (nSPS) is 18.6. The maximum absolute atomic E-state index is 11.5. The topological polar surface area (TPSA) is 61.8 Å². The summed E-state index contributed by atoms with van der Waals surface area (Å²) in [7, 11) is -1.19. The Bertz CT molecular complexity index is 605. The number of nitrogens with zero attached hydrogens (tertiary/aromatic N) is 2. The van der Waals surface area contributed by atoms with Crippen LogP contribution in [0, 0.1) is 0 Å². The van der Waals surface area contributed by atoms with Crippen molar-refractivity contribution in [1.82, 2.24) is 10.2 Å². The molecule has 0 saturated carbocycles. The molecule has 1 aromatic carbocycles. The molecule has 2 rings (SSSR count). The lowest BCUT2D eigenvalue weighted by atomic mass is 9.99. The fraction of sp³-hybridized carbons (Fsp3) is 0.562. The highest BCUT2D eigenvalue weighted by Crippen LogP contribution is 2.26. The van der Waals surface area contributed by atoms with Gasteiger partial charge in [0.2, 0.25) is 0 Å². The summed E-state index contributed by atoms with van der Waals surface area (Å²) < 4.78 is 23.1. The fourth-order valence-corrected chi connectivity index (χ4v) is 3.45. The molecule has 1 aromatic rings. The molecule has 1 aliphatic heterocycles. The van der Waals surface area contributed by atoms with E-state index in [9.17, 15) is 8.42 Å². The van der Waals surface area contributed by atoms with Crippen molar-refractivity contribution in [2.24, 2.45) is 4.99 Å². The maximum Gasteiger partial charge on any atom is 0.193 e. The van der Waals surface area contributed by atoms with Crippen LogP contribution in [0.2, 0.25) is 0 Å². The second-order valence-corrected chi connectivity index (χ2v) is 8.03. The second-order valence-electron chi connectivity index (χ2n) is 5.55. The standard InChI is InChI=1S/C16H25N3O2S.HI/c1-3-22(20,21)12-10-18-16(17-2)19-11-9-15(13-19)14-7-5-4-6-8-14;/h4-8,15H,3,9-13H2,1-2H3,(H,17,18);1H. The zero-order chi connectivity index (χ0) is 16.0. The van der Waals surface area contributed by atoms with Gasteiger partial charge in [0.1, 0.15) is 0 Å². The van der Waals surface area contributed by atoms with Gasteiger partial charge < -0.3 is 10.2 Å². The lowest BCUT2D eigenvalue weighted by molar-refractivity contribution is 0.488. The number of aliphatic imine (C=N–C) groups is 1. The van der Waals surface area contributed by atoms with Crippen molar-refractivity contribution >= 4 is 39.8 Å². The first-order valence-electron chi connectivity index (χ1n) is 7.76. The van der Waals surface area contributed by atoms with Crippen LogP contribution in [0.4, 0.5) is 0 Å². The quantitative estimate of drug-likeness (QED) is 0.423. The number of hydrogen-bond acceptors (Lipinski definition) is 3. The van der Waals surface area contributed by atoms with Crippen LogP contribution in [0.25, 0.3) is 0 Å². The van der Waals surface area contributed by atoms with Gasteiger partial charge in [-0.3, -0.25) is 4.99 Å². The first-order valence-corrected chi connectivity index (χ1v) is 9.59. The molecule has 0 aliphatic carbocycles. The van der Waals surface area contributed by atoms with Gasteiger partial charge in [-0.25, -0.2) is 8.42 Å². The molecule has 130 valence electrons. The number of nitrogens with one attached hydrogen (secondary N) is 1. The van der Waals surface area contributed by atoms with Crippen LogP contribution in [0.1, 0.15) is 24.8 Å². The Labute approximate surface area is 156 Å². The third kappa shape index (κ3) is 5.95. The SMILES string of the molecule is CCS(=O)(=O)CCNC(=NC)N1CCC(c2ccccc2)C1.I. The molecule has 1 atom stereocenters. The van der Waals surface area contributed by atoms with Gasteiger partial charge in [0.05, 0.1) is 5.75 Å². The van der Waals surface area contributed by atoms with E-state index >= 15 is 0 Å². The minimum absolute atomic E-state index is 0. The summed E-state index contributed by atoms with van der Waals surface area (Å²) in [5.74, 6) is 1.65. The molecule has 7 heteroatoms. The van der Waals surface area contributed by atoms with E-state index in [-0.39, 0.29) is 35.5 Å². The molecule has 1 fully saturated rings. The fourth-order valence-electron chi connectivity index (χ4n) is 2.74. The van der Waals surface area contributed by atoms with Crippen LogP contribution in [-0.4, -0.2) is 57.5 Å². The van der Waals surface area contributed by atoms with Gasteiger partial charge in [-0.2, -0.15) is 0 Å². The van der Waals surface area contributed by atoms with E-state index in [2.05, 4.69) is 39.5 Å². The molecule has 1 saturated heterocycles. The van der Waals surface area contributed by atoms with Crippen LogP contribution in [0.15, 0.2) is 35.3 Å². The van der Waals surface area contributed by atoms with E-state index in [0.717, 1.165) is 25.5 Å². The summed E-state index contributed by atoms with van der Waals surface area (Å²) in [6.07, 6.45) is 1.10. The first kappa shape index (κ1) is 20.2. The smallest absolute Gasteiger partial charge is 0.193 e. The molecule has 0 aromatic heterocycles. The molecule has 23 heavy (non-hydrogen) atoms. The van der Waals surface area contributed by atoms with E-state index in [4.69, 9.17) is 0 Å².